The summed E-state index contributed by atoms with van der Waals surface area (Å²) in [4.78, 5) is 10.2. The molecule has 2 heteroatoms. The quantitative estimate of drug-likeness (QED) is 0.503. The van der Waals surface area contributed by atoms with Crippen LogP contribution in [0.2, 0.25) is 0 Å². The second kappa shape index (κ2) is 8.12. The van der Waals surface area contributed by atoms with Crippen molar-refractivity contribution >= 4 is 0 Å². The average molecular weight is 218 g/mol. The Kier molecular flexibility index (Phi) is 9.37. The summed E-state index contributed by atoms with van der Waals surface area (Å²) in [6, 6.07) is 0. The van der Waals surface area contributed by atoms with E-state index in [4.69, 9.17) is 9.78 Å². The van der Waals surface area contributed by atoms with Gasteiger partial charge in [0.2, 0.25) is 0 Å². The van der Waals surface area contributed by atoms with E-state index in [-0.39, 0.29) is 11.2 Å². The van der Waals surface area contributed by atoms with Gasteiger partial charge in [-0.15, -0.1) is 0 Å². The third kappa shape index (κ3) is 24.9. The zero-order chi connectivity index (χ0) is 12.5. The first kappa shape index (κ1) is 17.3. The van der Waals surface area contributed by atoms with Gasteiger partial charge in [-0.1, -0.05) is 33.1 Å². The molecule has 0 aliphatic carbocycles. The minimum absolute atomic E-state index is 0.215. The maximum atomic E-state index is 5.09. The van der Waals surface area contributed by atoms with Crippen LogP contribution >= 0.6 is 0 Å². The highest BCUT2D eigenvalue weighted by Gasteiger charge is 2.18. The summed E-state index contributed by atoms with van der Waals surface area (Å²) >= 11 is 0. The third-order valence-corrected chi connectivity index (χ3v) is 1.25. The molecule has 0 rings (SSSR count). The van der Waals surface area contributed by atoms with Crippen molar-refractivity contribution in [1.82, 2.24) is 0 Å². The van der Waals surface area contributed by atoms with Gasteiger partial charge in [-0.3, -0.25) is 0 Å². The molecule has 0 aromatic heterocycles. The Morgan fingerprint density at radius 2 is 0.933 bits per heavy atom. The molecule has 2 nitrogen and oxygen atoms in total. The molecule has 0 unspecified atom stereocenters. The number of rotatable bonds is 3. The zero-order valence-electron chi connectivity index (χ0n) is 11.9. The highest BCUT2D eigenvalue weighted by molar-refractivity contribution is 4.58. The van der Waals surface area contributed by atoms with Crippen molar-refractivity contribution in [2.24, 2.45) is 0 Å². The van der Waals surface area contributed by atoms with Gasteiger partial charge >= 0.3 is 0 Å². The largest absolute Gasteiger partial charge is 0.230 e. The maximum Gasteiger partial charge on any atom is 0.0952 e. The Morgan fingerprint density at radius 3 is 1.00 bits per heavy atom. The zero-order valence-corrected chi connectivity index (χ0v) is 11.9. The average Bonchev–Trinajstić information content (AvgIpc) is 2.01. The molecule has 94 valence electrons. The highest BCUT2D eigenvalue weighted by Crippen LogP contribution is 2.14. The van der Waals surface area contributed by atoms with Gasteiger partial charge in [-0.05, 0) is 41.5 Å². The van der Waals surface area contributed by atoms with Crippen LogP contribution in [-0.4, -0.2) is 11.2 Å². The van der Waals surface area contributed by atoms with Crippen LogP contribution in [-0.2, 0) is 9.78 Å². The van der Waals surface area contributed by atoms with Gasteiger partial charge in [0.15, 0.2) is 0 Å². The van der Waals surface area contributed by atoms with Crippen molar-refractivity contribution in [2.45, 2.75) is 85.9 Å². The Bertz CT molecular complexity index is 112. The minimum Gasteiger partial charge on any atom is -0.230 e. The molecule has 0 spiro atoms. The first-order chi connectivity index (χ1) is 6.62. The molecule has 0 saturated carbocycles. The van der Waals surface area contributed by atoms with Crippen LogP contribution < -0.4 is 0 Å². The SMILES string of the molecule is CC(C)(C)OOC(C)(C)C.CCCCC. The van der Waals surface area contributed by atoms with Crippen molar-refractivity contribution in [3.8, 4) is 0 Å². The smallest absolute Gasteiger partial charge is 0.0952 e. The van der Waals surface area contributed by atoms with Gasteiger partial charge in [0.1, 0.15) is 0 Å². The molecular formula is C13H30O2. The second-order valence-electron chi connectivity index (χ2n) is 5.74. The lowest BCUT2D eigenvalue weighted by molar-refractivity contribution is -0.393. The summed E-state index contributed by atoms with van der Waals surface area (Å²) in [5.74, 6) is 0. The van der Waals surface area contributed by atoms with Crippen molar-refractivity contribution in [2.75, 3.05) is 0 Å². The van der Waals surface area contributed by atoms with E-state index in [1.807, 2.05) is 41.5 Å². The minimum atomic E-state index is -0.215. The second-order valence-corrected chi connectivity index (χ2v) is 5.74. The number of hydrogen-bond acceptors (Lipinski definition) is 2. The van der Waals surface area contributed by atoms with Crippen molar-refractivity contribution in [3.05, 3.63) is 0 Å². The summed E-state index contributed by atoms with van der Waals surface area (Å²) in [6.07, 6.45) is 4.08. The predicted molar refractivity (Wildman–Crippen MR) is 66.9 cm³/mol. The van der Waals surface area contributed by atoms with Gasteiger partial charge < -0.3 is 0 Å². The molecule has 0 aromatic rings. The van der Waals surface area contributed by atoms with E-state index >= 15 is 0 Å². The first-order valence-electron chi connectivity index (χ1n) is 5.99. The summed E-state index contributed by atoms with van der Waals surface area (Å²) < 4.78 is 0. The fraction of sp³-hybridized carbons (Fsp3) is 1.00. The molecule has 0 amide bonds. The Morgan fingerprint density at radius 1 is 0.667 bits per heavy atom. The van der Waals surface area contributed by atoms with E-state index < -0.39 is 0 Å². The van der Waals surface area contributed by atoms with E-state index in [2.05, 4.69) is 13.8 Å². The van der Waals surface area contributed by atoms with Crippen LogP contribution in [0.4, 0.5) is 0 Å². The monoisotopic (exact) mass is 218 g/mol. The lowest BCUT2D eigenvalue weighted by Crippen LogP contribution is -2.27. The molecule has 0 aromatic carbocycles. The topological polar surface area (TPSA) is 18.5 Å². The van der Waals surface area contributed by atoms with Crippen LogP contribution in [0.1, 0.15) is 74.7 Å². The predicted octanol–water partition coefficient (Wildman–Crippen LogP) is 4.73. The molecule has 0 radical (unpaired) electrons. The first-order valence-corrected chi connectivity index (χ1v) is 5.99. The molecule has 0 aliphatic rings. The standard InChI is InChI=1S/C8H18O2.C5H12/c1-7(2,3)9-10-8(4,5)6;1-3-5-4-2/h1-6H3;3-5H2,1-2H3. The molecule has 0 fully saturated rings. The molecule has 0 saturated heterocycles. The molecule has 0 heterocycles. The van der Waals surface area contributed by atoms with Crippen LogP contribution in [0.25, 0.3) is 0 Å². The summed E-state index contributed by atoms with van der Waals surface area (Å²) in [6.45, 7) is 16.2. The van der Waals surface area contributed by atoms with Crippen molar-refractivity contribution in [1.29, 1.82) is 0 Å². The van der Waals surface area contributed by atoms with Gasteiger partial charge in [-0.2, -0.15) is 0 Å². The lowest BCUT2D eigenvalue weighted by Gasteiger charge is -2.24. The third-order valence-electron chi connectivity index (χ3n) is 1.25. The van der Waals surface area contributed by atoms with Crippen LogP contribution in [0.5, 0.6) is 0 Å². The highest BCUT2D eigenvalue weighted by atomic mass is 17.2. The summed E-state index contributed by atoms with van der Waals surface area (Å²) in [7, 11) is 0. The lowest BCUT2D eigenvalue weighted by atomic mass is 10.2. The van der Waals surface area contributed by atoms with Gasteiger partial charge in [0.25, 0.3) is 0 Å². The summed E-state index contributed by atoms with van der Waals surface area (Å²) in [5.41, 5.74) is -0.430. The number of unbranched alkanes of at least 4 members (excludes halogenated alkanes) is 2. The number of hydrogen-bond donors (Lipinski definition) is 0. The van der Waals surface area contributed by atoms with Crippen LogP contribution in [0, 0.1) is 0 Å². The van der Waals surface area contributed by atoms with Crippen molar-refractivity contribution in [3.63, 3.8) is 0 Å². The van der Waals surface area contributed by atoms with Gasteiger partial charge in [0.05, 0.1) is 11.2 Å². The Balaban J connectivity index is 0. The van der Waals surface area contributed by atoms with E-state index in [1.165, 1.54) is 19.3 Å². The van der Waals surface area contributed by atoms with Gasteiger partial charge in [-0.25, -0.2) is 9.78 Å². The van der Waals surface area contributed by atoms with E-state index in [0.717, 1.165) is 0 Å². The van der Waals surface area contributed by atoms with E-state index in [1.54, 1.807) is 0 Å². The van der Waals surface area contributed by atoms with Gasteiger partial charge in [0, 0.05) is 0 Å². The Labute approximate surface area is 96.3 Å². The Hall–Kier alpha value is -0.0800. The van der Waals surface area contributed by atoms with Crippen LogP contribution in [0.3, 0.4) is 0 Å². The molecular weight excluding hydrogens is 188 g/mol. The molecule has 0 atom stereocenters. The molecule has 0 bridgehead atoms. The van der Waals surface area contributed by atoms with Crippen LogP contribution in [0.15, 0.2) is 0 Å². The molecule has 0 N–H and O–H groups in total. The molecule has 0 aliphatic heterocycles. The maximum absolute atomic E-state index is 5.09. The fourth-order valence-electron chi connectivity index (χ4n) is 0.604. The normalized spacial score (nSPS) is 12.0. The summed E-state index contributed by atoms with van der Waals surface area (Å²) in [5, 5.41) is 0. The fourth-order valence-corrected chi connectivity index (χ4v) is 0.604. The van der Waals surface area contributed by atoms with Crippen molar-refractivity contribution < 1.29 is 9.78 Å². The van der Waals surface area contributed by atoms with E-state index in [0.29, 0.717) is 0 Å². The molecule has 15 heavy (non-hydrogen) atoms. The van der Waals surface area contributed by atoms with E-state index in [9.17, 15) is 0 Å².